The summed E-state index contributed by atoms with van der Waals surface area (Å²) in [7, 11) is 0. The molecule has 2 unspecified atom stereocenters. The van der Waals surface area contributed by atoms with E-state index in [-0.39, 0.29) is 0 Å². The first kappa shape index (κ1) is 12.7. The predicted molar refractivity (Wildman–Crippen MR) is 71.3 cm³/mol. The summed E-state index contributed by atoms with van der Waals surface area (Å²) in [5.74, 6) is 0.665. The number of rotatable bonds is 5. The van der Waals surface area contributed by atoms with Crippen LogP contribution >= 0.6 is 43.2 Å². The van der Waals surface area contributed by atoms with Crippen LogP contribution in [0.1, 0.15) is 18.7 Å². The van der Waals surface area contributed by atoms with E-state index in [1.54, 1.807) is 11.3 Å². The minimum atomic E-state index is 0.551. The summed E-state index contributed by atoms with van der Waals surface area (Å²) in [5.41, 5.74) is 0. The molecule has 0 saturated carbocycles. The highest BCUT2D eigenvalue weighted by Gasteiger charge is 2.10. The molecule has 14 heavy (non-hydrogen) atoms. The van der Waals surface area contributed by atoms with Crippen LogP contribution in [0.4, 0.5) is 0 Å². The molecule has 1 nitrogen and oxygen atoms in total. The second-order valence-electron chi connectivity index (χ2n) is 3.53. The molecule has 0 aliphatic heterocycles. The maximum Gasteiger partial charge on any atom is 0.0302 e. The highest BCUT2D eigenvalue weighted by atomic mass is 79.9. The average molecular weight is 341 g/mol. The van der Waals surface area contributed by atoms with Crippen LogP contribution in [-0.2, 0) is 6.54 Å². The van der Waals surface area contributed by atoms with E-state index in [0.29, 0.717) is 12.0 Å². The molecule has 1 heterocycles. The van der Waals surface area contributed by atoms with E-state index in [0.717, 1.165) is 11.9 Å². The fourth-order valence-corrected chi connectivity index (χ4v) is 3.01. The van der Waals surface area contributed by atoms with Gasteiger partial charge in [0.15, 0.2) is 0 Å². The van der Waals surface area contributed by atoms with E-state index in [4.69, 9.17) is 0 Å². The molecule has 0 radical (unpaired) electrons. The fourth-order valence-electron chi connectivity index (χ4n) is 1.04. The molecular formula is C10H15Br2NS. The Morgan fingerprint density at radius 1 is 1.50 bits per heavy atom. The van der Waals surface area contributed by atoms with Crippen molar-refractivity contribution in [3.63, 3.8) is 0 Å². The number of halogens is 2. The number of hydrogen-bond donors (Lipinski definition) is 1. The first-order valence-electron chi connectivity index (χ1n) is 4.65. The molecule has 1 N–H and O–H groups in total. The van der Waals surface area contributed by atoms with Gasteiger partial charge in [0.2, 0.25) is 0 Å². The summed E-state index contributed by atoms with van der Waals surface area (Å²) in [4.78, 5) is 1.38. The lowest BCUT2D eigenvalue weighted by molar-refractivity contribution is 0.435. The van der Waals surface area contributed by atoms with Crippen LogP contribution in [-0.4, -0.2) is 11.4 Å². The van der Waals surface area contributed by atoms with Gasteiger partial charge in [0, 0.05) is 32.6 Å². The van der Waals surface area contributed by atoms with Crippen molar-refractivity contribution >= 4 is 43.2 Å². The molecule has 0 bridgehead atoms. The van der Waals surface area contributed by atoms with Gasteiger partial charge >= 0.3 is 0 Å². The molecular weight excluding hydrogens is 326 g/mol. The van der Waals surface area contributed by atoms with E-state index in [9.17, 15) is 0 Å². The van der Waals surface area contributed by atoms with E-state index in [2.05, 4.69) is 62.5 Å². The minimum Gasteiger partial charge on any atom is -0.309 e. The molecule has 4 heteroatoms. The zero-order valence-corrected chi connectivity index (χ0v) is 12.4. The van der Waals surface area contributed by atoms with Crippen LogP contribution in [0, 0.1) is 5.92 Å². The van der Waals surface area contributed by atoms with Gasteiger partial charge in [-0.15, -0.1) is 11.3 Å². The summed E-state index contributed by atoms with van der Waals surface area (Å²) in [6.07, 6.45) is 0. The summed E-state index contributed by atoms with van der Waals surface area (Å²) in [6.45, 7) is 5.44. The third-order valence-corrected chi connectivity index (χ3v) is 5.04. The van der Waals surface area contributed by atoms with Crippen molar-refractivity contribution in [1.29, 1.82) is 0 Å². The zero-order chi connectivity index (χ0) is 10.6. The Morgan fingerprint density at radius 3 is 2.71 bits per heavy atom. The number of alkyl halides is 1. The SMILES string of the molecule is CC(CBr)C(C)NCc1cc(Br)cs1. The quantitative estimate of drug-likeness (QED) is 0.798. The molecule has 0 amide bonds. The van der Waals surface area contributed by atoms with E-state index in [1.807, 2.05) is 0 Å². The van der Waals surface area contributed by atoms with E-state index in [1.165, 1.54) is 9.35 Å². The van der Waals surface area contributed by atoms with Crippen LogP contribution in [0.3, 0.4) is 0 Å². The van der Waals surface area contributed by atoms with E-state index < -0.39 is 0 Å². The normalized spacial score (nSPS) is 15.4. The summed E-state index contributed by atoms with van der Waals surface area (Å²) < 4.78 is 1.18. The van der Waals surface area contributed by atoms with Gasteiger partial charge in [0.1, 0.15) is 0 Å². The molecule has 0 aromatic carbocycles. The lowest BCUT2D eigenvalue weighted by Gasteiger charge is -2.18. The van der Waals surface area contributed by atoms with Crippen molar-refractivity contribution in [1.82, 2.24) is 5.32 Å². The maximum atomic E-state index is 3.52. The molecule has 1 aromatic heterocycles. The molecule has 2 atom stereocenters. The van der Waals surface area contributed by atoms with Crippen LogP contribution in [0.25, 0.3) is 0 Å². The first-order chi connectivity index (χ1) is 6.63. The third kappa shape index (κ3) is 4.01. The van der Waals surface area contributed by atoms with Crippen molar-refractivity contribution in [2.24, 2.45) is 5.92 Å². The van der Waals surface area contributed by atoms with Crippen LogP contribution in [0.2, 0.25) is 0 Å². The highest BCUT2D eigenvalue weighted by molar-refractivity contribution is 9.10. The zero-order valence-electron chi connectivity index (χ0n) is 8.39. The maximum absolute atomic E-state index is 3.52. The Bertz CT molecular complexity index is 275. The number of thiophene rings is 1. The van der Waals surface area contributed by atoms with Crippen molar-refractivity contribution in [2.75, 3.05) is 5.33 Å². The van der Waals surface area contributed by atoms with Crippen molar-refractivity contribution in [2.45, 2.75) is 26.4 Å². The third-order valence-electron chi connectivity index (χ3n) is 2.32. The molecule has 0 saturated heterocycles. The molecule has 80 valence electrons. The van der Waals surface area contributed by atoms with Gasteiger partial charge in [0.05, 0.1) is 0 Å². The lowest BCUT2D eigenvalue weighted by Crippen LogP contribution is -2.32. The topological polar surface area (TPSA) is 12.0 Å². The molecule has 1 rings (SSSR count). The Hall–Kier alpha value is 0.620. The second kappa shape index (κ2) is 6.26. The number of nitrogens with one attached hydrogen (secondary N) is 1. The van der Waals surface area contributed by atoms with Gasteiger partial charge in [0.25, 0.3) is 0 Å². The van der Waals surface area contributed by atoms with Gasteiger partial charge in [-0.3, -0.25) is 0 Å². The van der Waals surface area contributed by atoms with Crippen molar-refractivity contribution < 1.29 is 0 Å². The first-order valence-corrected chi connectivity index (χ1v) is 7.45. The molecule has 0 aliphatic carbocycles. The fraction of sp³-hybridized carbons (Fsp3) is 0.600. The largest absolute Gasteiger partial charge is 0.309 e. The summed E-state index contributed by atoms with van der Waals surface area (Å²) >= 11 is 8.75. The minimum absolute atomic E-state index is 0.551. The monoisotopic (exact) mass is 339 g/mol. The molecule has 0 fully saturated rings. The Labute approximate surface area is 107 Å². The predicted octanol–water partition coefficient (Wildman–Crippen LogP) is 4.02. The summed E-state index contributed by atoms with van der Waals surface area (Å²) in [6, 6.07) is 2.72. The van der Waals surface area contributed by atoms with Crippen molar-refractivity contribution in [3.8, 4) is 0 Å². The van der Waals surface area contributed by atoms with Gasteiger partial charge in [-0.25, -0.2) is 0 Å². The van der Waals surface area contributed by atoms with Gasteiger partial charge in [-0.05, 0) is 34.8 Å². The Balaban J connectivity index is 2.33. The molecule has 0 aliphatic rings. The van der Waals surface area contributed by atoms with Crippen LogP contribution in [0.15, 0.2) is 15.9 Å². The molecule has 0 spiro atoms. The standard InChI is InChI=1S/C10H15Br2NS/c1-7(4-11)8(2)13-5-10-3-9(12)6-14-10/h3,6-8,13H,4-5H2,1-2H3. The van der Waals surface area contributed by atoms with Crippen LogP contribution < -0.4 is 5.32 Å². The van der Waals surface area contributed by atoms with Gasteiger partial charge in [-0.2, -0.15) is 0 Å². The number of hydrogen-bond acceptors (Lipinski definition) is 2. The average Bonchev–Trinajstić information content (AvgIpc) is 2.59. The second-order valence-corrected chi connectivity index (χ2v) is 6.09. The highest BCUT2D eigenvalue weighted by Crippen LogP contribution is 2.19. The smallest absolute Gasteiger partial charge is 0.0302 e. The van der Waals surface area contributed by atoms with Crippen LogP contribution in [0.5, 0.6) is 0 Å². The summed E-state index contributed by atoms with van der Waals surface area (Å²) in [5, 5.41) is 6.69. The Morgan fingerprint density at radius 2 is 2.21 bits per heavy atom. The van der Waals surface area contributed by atoms with Crippen molar-refractivity contribution in [3.05, 3.63) is 20.8 Å². The van der Waals surface area contributed by atoms with Gasteiger partial charge in [-0.1, -0.05) is 22.9 Å². The Kier molecular flexibility index (Phi) is 5.67. The van der Waals surface area contributed by atoms with Gasteiger partial charge < -0.3 is 5.32 Å². The van der Waals surface area contributed by atoms with E-state index >= 15 is 0 Å². The lowest BCUT2D eigenvalue weighted by atomic mass is 10.1. The molecule has 1 aromatic rings.